The van der Waals surface area contributed by atoms with E-state index in [0.29, 0.717) is 17.1 Å². The number of rotatable bonds is 3. The van der Waals surface area contributed by atoms with Crippen molar-refractivity contribution in [2.24, 2.45) is 22.6 Å². The van der Waals surface area contributed by atoms with Crippen molar-refractivity contribution in [3.05, 3.63) is 66.3 Å². The zero-order valence-corrected chi connectivity index (χ0v) is 14.8. The molecule has 1 heterocycles. The molecule has 2 nitrogen and oxygen atoms in total. The number of fused-ring (bicyclic) bond motifs is 3. The molecule has 5 unspecified atom stereocenters. The predicted molar refractivity (Wildman–Crippen MR) is 104 cm³/mol. The molecule has 0 saturated carbocycles. The van der Waals surface area contributed by atoms with Crippen molar-refractivity contribution in [1.82, 2.24) is 0 Å². The lowest BCUT2D eigenvalue weighted by Gasteiger charge is -2.27. The Morgan fingerprint density at radius 3 is 2.92 bits per heavy atom. The summed E-state index contributed by atoms with van der Waals surface area (Å²) in [6.45, 7) is 2.18. The molecule has 3 aliphatic rings. The minimum atomic E-state index is 0.241. The van der Waals surface area contributed by atoms with Gasteiger partial charge in [-0.2, -0.15) is 0 Å². The number of thioether (sulfide) groups is 1. The molecule has 0 aromatic heterocycles. The number of hydrogen-bond acceptors (Lipinski definition) is 2. The Kier molecular flexibility index (Phi) is 4.36. The summed E-state index contributed by atoms with van der Waals surface area (Å²) in [4.78, 5) is 6.27. The Morgan fingerprint density at radius 2 is 2.08 bits per heavy atom. The standard InChI is InChI=1S/C21H24N2S/c1-14(15-7-3-2-4-8-15)23-21(22)16-11-12-18-17-9-5-6-10-19(17)24-20(18)13-16/h2-7,9-12,14-16,18,20H,8,13H2,1H3,(H2,22,23). The summed E-state index contributed by atoms with van der Waals surface area (Å²) in [7, 11) is 0. The first kappa shape index (κ1) is 15.8. The van der Waals surface area contributed by atoms with Crippen molar-refractivity contribution in [2.45, 2.75) is 41.9 Å². The van der Waals surface area contributed by atoms with Crippen molar-refractivity contribution in [3.63, 3.8) is 0 Å². The van der Waals surface area contributed by atoms with Crippen LogP contribution < -0.4 is 5.73 Å². The van der Waals surface area contributed by atoms with E-state index in [4.69, 9.17) is 10.7 Å². The molecular weight excluding hydrogens is 312 g/mol. The molecule has 0 amide bonds. The van der Waals surface area contributed by atoms with E-state index in [2.05, 4.69) is 67.6 Å². The lowest BCUT2D eigenvalue weighted by Crippen LogP contribution is -2.31. The quantitative estimate of drug-likeness (QED) is 0.494. The van der Waals surface area contributed by atoms with Gasteiger partial charge >= 0.3 is 0 Å². The van der Waals surface area contributed by atoms with Gasteiger partial charge in [0.15, 0.2) is 0 Å². The fraction of sp³-hybridized carbons (Fsp3) is 0.381. The highest BCUT2D eigenvalue weighted by molar-refractivity contribution is 8.00. The van der Waals surface area contributed by atoms with Gasteiger partial charge in [0.2, 0.25) is 0 Å². The maximum absolute atomic E-state index is 6.39. The van der Waals surface area contributed by atoms with Crippen LogP contribution in [0.25, 0.3) is 0 Å². The fourth-order valence-corrected chi connectivity index (χ4v) is 5.42. The van der Waals surface area contributed by atoms with Gasteiger partial charge in [-0.3, -0.25) is 4.99 Å². The van der Waals surface area contributed by atoms with Crippen LogP contribution in [0.1, 0.15) is 31.2 Å². The van der Waals surface area contributed by atoms with E-state index in [0.717, 1.165) is 18.7 Å². The molecule has 4 rings (SSSR count). The molecule has 1 aliphatic heterocycles. The summed E-state index contributed by atoms with van der Waals surface area (Å²) >= 11 is 2.01. The molecular formula is C21H24N2S. The van der Waals surface area contributed by atoms with Gasteiger partial charge in [0.25, 0.3) is 0 Å². The Labute approximate surface area is 148 Å². The second-order valence-electron chi connectivity index (χ2n) is 6.95. The topological polar surface area (TPSA) is 38.4 Å². The Hall–Kier alpha value is -1.74. The van der Waals surface area contributed by atoms with E-state index >= 15 is 0 Å². The Balaban J connectivity index is 1.47. The van der Waals surface area contributed by atoms with Gasteiger partial charge in [0, 0.05) is 27.9 Å². The average molecular weight is 337 g/mol. The van der Waals surface area contributed by atoms with Crippen molar-refractivity contribution in [3.8, 4) is 0 Å². The van der Waals surface area contributed by atoms with Crippen LogP contribution in [0.3, 0.4) is 0 Å². The van der Waals surface area contributed by atoms with Crippen LogP contribution in [-0.2, 0) is 0 Å². The SMILES string of the molecule is CC(N=C(N)C1C=CC2c3ccccc3SC2C1)C1C=CC=CC1. The third-order valence-corrected chi connectivity index (χ3v) is 6.77. The first-order valence-electron chi connectivity index (χ1n) is 8.83. The first-order valence-corrected chi connectivity index (χ1v) is 9.71. The largest absolute Gasteiger partial charge is 0.387 e. The van der Waals surface area contributed by atoms with E-state index in [1.54, 1.807) is 0 Å². The fourth-order valence-electron chi connectivity index (χ4n) is 3.91. The summed E-state index contributed by atoms with van der Waals surface area (Å²) in [5.41, 5.74) is 7.87. The molecule has 24 heavy (non-hydrogen) atoms. The monoisotopic (exact) mass is 336 g/mol. The number of hydrogen-bond donors (Lipinski definition) is 1. The van der Waals surface area contributed by atoms with E-state index < -0.39 is 0 Å². The number of nitrogens with two attached hydrogens (primary N) is 1. The first-order chi connectivity index (χ1) is 11.7. The van der Waals surface area contributed by atoms with Gasteiger partial charge in [-0.05, 0) is 31.4 Å². The summed E-state index contributed by atoms with van der Waals surface area (Å²) < 4.78 is 0. The molecule has 0 saturated heterocycles. The zero-order valence-electron chi connectivity index (χ0n) is 14.0. The third kappa shape index (κ3) is 2.98. The van der Waals surface area contributed by atoms with Crippen molar-refractivity contribution in [2.75, 3.05) is 0 Å². The zero-order chi connectivity index (χ0) is 16.5. The molecule has 0 radical (unpaired) electrons. The molecule has 1 aromatic carbocycles. The second kappa shape index (κ2) is 6.64. The highest BCUT2D eigenvalue weighted by atomic mass is 32.2. The van der Waals surface area contributed by atoms with Crippen LogP contribution in [0.15, 0.2) is 70.6 Å². The molecule has 5 atom stereocenters. The van der Waals surface area contributed by atoms with E-state index in [1.165, 1.54) is 10.5 Å². The van der Waals surface area contributed by atoms with E-state index in [1.807, 2.05) is 11.8 Å². The highest BCUT2D eigenvalue weighted by Crippen LogP contribution is 2.50. The number of nitrogens with zero attached hydrogens (tertiary/aromatic N) is 1. The van der Waals surface area contributed by atoms with E-state index in [-0.39, 0.29) is 12.0 Å². The number of allylic oxidation sites excluding steroid dienone is 4. The molecule has 0 fully saturated rings. The molecule has 3 heteroatoms. The van der Waals surface area contributed by atoms with Gasteiger partial charge in [0.05, 0.1) is 6.04 Å². The summed E-state index contributed by atoms with van der Waals surface area (Å²) in [6, 6.07) is 9.02. The van der Waals surface area contributed by atoms with Crippen LogP contribution >= 0.6 is 11.8 Å². The van der Waals surface area contributed by atoms with Crippen LogP contribution in [0.2, 0.25) is 0 Å². The minimum Gasteiger partial charge on any atom is -0.387 e. The minimum absolute atomic E-state index is 0.241. The van der Waals surface area contributed by atoms with Crippen molar-refractivity contribution < 1.29 is 0 Å². The lowest BCUT2D eigenvalue weighted by atomic mass is 9.83. The van der Waals surface area contributed by atoms with Crippen LogP contribution in [-0.4, -0.2) is 17.1 Å². The summed E-state index contributed by atoms with van der Waals surface area (Å²) in [5, 5.41) is 0.596. The average Bonchev–Trinajstić information content (AvgIpc) is 3.00. The number of amidine groups is 1. The molecule has 0 bridgehead atoms. The number of benzene rings is 1. The maximum atomic E-state index is 6.39. The van der Waals surface area contributed by atoms with Gasteiger partial charge in [-0.25, -0.2) is 0 Å². The third-order valence-electron chi connectivity index (χ3n) is 5.36. The van der Waals surface area contributed by atoms with Crippen molar-refractivity contribution >= 4 is 17.6 Å². The Morgan fingerprint density at radius 1 is 1.21 bits per heavy atom. The smallest absolute Gasteiger partial charge is 0.101 e. The van der Waals surface area contributed by atoms with Gasteiger partial charge in [-0.15, -0.1) is 11.8 Å². The maximum Gasteiger partial charge on any atom is 0.101 e. The van der Waals surface area contributed by atoms with Gasteiger partial charge in [-0.1, -0.05) is 54.7 Å². The van der Waals surface area contributed by atoms with Crippen LogP contribution in [0.4, 0.5) is 0 Å². The van der Waals surface area contributed by atoms with Gasteiger partial charge in [0.1, 0.15) is 5.84 Å². The molecule has 2 N–H and O–H groups in total. The normalized spacial score (nSPS) is 32.5. The molecule has 124 valence electrons. The van der Waals surface area contributed by atoms with E-state index in [9.17, 15) is 0 Å². The highest BCUT2D eigenvalue weighted by Gasteiger charge is 2.36. The Bertz CT molecular complexity index is 731. The lowest BCUT2D eigenvalue weighted by molar-refractivity contribution is 0.533. The molecule has 0 spiro atoms. The summed E-state index contributed by atoms with van der Waals surface area (Å²) in [6.07, 6.45) is 15.5. The predicted octanol–water partition coefficient (Wildman–Crippen LogP) is 4.70. The van der Waals surface area contributed by atoms with Crippen LogP contribution in [0.5, 0.6) is 0 Å². The van der Waals surface area contributed by atoms with Gasteiger partial charge < -0.3 is 5.73 Å². The van der Waals surface area contributed by atoms with Crippen LogP contribution in [0, 0.1) is 11.8 Å². The van der Waals surface area contributed by atoms with Crippen molar-refractivity contribution in [1.29, 1.82) is 0 Å². The second-order valence-corrected chi connectivity index (χ2v) is 8.24. The molecule has 1 aromatic rings. The number of aliphatic imine (C=N–C) groups is 1. The molecule has 2 aliphatic carbocycles. The summed E-state index contributed by atoms with van der Waals surface area (Å²) in [5.74, 6) is 2.09.